The third-order valence-corrected chi connectivity index (χ3v) is 4.44. The Labute approximate surface area is 173 Å². The molecule has 2 aromatic carbocycles. The second-order valence-corrected chi connectivity index (χ2v) is 6.76. The molecule has 0 fully saturated rings. The monoisotopic (exact) mass is 409 g/mol. The number of carbonyl (C=O) groups is 3. The summed E-state index contributed by atoms with van der Waals surface area (Å²) in [4.78, 5) is 37.9. The van der Waals surface area contributed by atoms with Crippen LogP contribution in [0.1, 0.15) is 33.5 Å². The zero-order valence-electron chi connectivity index (χ0n) is 16.5. The first-order valence-electron chi connectivity index (χ1n) is 9.32. The molecule has 0 aromatic heterocycles. The van der Waals surface area contributed by atoms with E-state index in [1.165, 1.54) is 0 Å². The summed E-state index contributed by atoms with van der Waals surface area (Å²) in [7, 11) is 0. The summed E-state index contributed by atoms with van der Waals surface area (Å²) in [5.41, 5.74) is 11.6. The molecule has 0 aliphatic carbocycles. The normalized spacial score (nSPS) is 11.1. The maximum atomic E-state index is 12.3. The molecule has 0 spiro atoms. The van der Waals surface area contributed by atoms with Gasteiger partial charge in [0, 0.05) is 29.6 Å². The Morgan fingerprint density at radius 3 is 2.47 bits per heavy atom. The summed E-state index contributed by atoms with van der Waals surface area (Å²) in [5, 5.41) is 17.6. The van der Waals surface area contributed by atoms with Crippen LogP contribution < -0.4 is 10.6 Å². The van der Waals surface area contributed by atoms with Gasteiger partial charge in [-0.1, -0.05) is 41.5 Å². The minimum absolute atomic E-state index is 0.0966. The quantitative estimate of drug-likeness (QED) is 0.315. The van der Waals surface area contributed by atoms with E-state index < -0.39 is 17.9 Å². The van der Waals surface area contributed by atoms with E-state index in [2.05, 4.69) is 20.7 Å². The summed E-state index contributed by atoms with van der Waals surface area (Å²) >= 11 is 0. The molecule has 0 bridgehead atoms. The summed E-state index contributed by atoms with van der Waals surface area (Å²) < 4.78 is 0. The second kappa shape index (κ2) is 11.2. The number of carboxylic acid groups (broad SMARTS) is 1. The molecular formula is C21H23N5O4. The van der Waals surface area contributed by atoms with Crippen LogP contribution in [0.4, 0.5) is 0 Å². The Morgan fingerprint density at radius 1 is 1.13 bits per heavy atom. The fourth-order valence-electron chi connectivity index (χ4n) is 2.79. The van der Waals surface area contributed by atoms with Crippen LogP contribution in [0.5, 0.6) is 0 Å². The van der Waals surface area contributed by atoms with E-state index in [0.717, 1.165) is 16.7 Å². The molecule has 30 heavy (non-hydrogen) atoms. The number of hydrogen-bond donors (Lipinski definition) is 3. The lowest BCUT2D eigenvalue weighted by molar-refractivity contribution is -0.137. The second-order valence-electron chi connectivity index (χ2n) is 6.76. The van der Waals surface area contributed by atoms with Gasteiger partial charge < -0.3 is 15.7 Å². The number of amides is 2. The van der Waals surface area contributed by atoms with Crippen molar-refractivity contribution in [3.63, 3.8) is 0 Å². The van der Waals surface area contributed by atoms with Gasteiger partial charge >= 0.3 is 5.97 Å². The molecule has 0 saturated heterocycles. The Morgan fingerprint density at radius 2 is 1.83 bits per heavy atom. The van der Waals surface area contributed by atoms with Gasteiger partial charge in [-0.05, 0) is 41.3 Å². The number of aryl methyl sites for hydroxylation is 1. The number of hydrogen-bond acceptors (Lipinski definition) is 4. The number of azide groups is 1. The van der Waals surface area contributed by atoms with Crippen LogP contribution in [0.2, 0.25) is 0 Å². The van der Waals surface area contributed by atoms with Crippen LogP contribution in [0.25, 0.3) is 10.4 Å². The van der Waals surface area contributed by atoms with E-state index in [1.807, 2.05) is 31.2 Å². The molecule has 0 aliphatic heterocycles. The van der Waals surface area contributed by atoms with Crippen molar-refractivity contribution in [2.45, 2.75) is 32.4 Å². The van der Waals surface area contributed by atoms with Crippen LogP contribution >= 0.6 is 0 Å². The number of carboxylic acids is 1. The third kappa shape index (κ3) is 7.29. The number of carbonyl (C=O) groups excluding carboxylic acids is 2. The predicted octanol–water partition coefficient (Wildman–Crippen LogP) is 2.74. The fraction of sp³-hybridized carbons (Fsp3) is 0.286. The van der Waals surface area contributed by atoms with E-state index in [1.54, 1.807) is 24.3 Å². The van der Waals surface area contributed by atoms with Gasteiger partial charge in [0.15, 0.2) is 0 Å². The van der Waals surface area contributed by atoms with Crippen LogP contribution in [-0.4, -0.2) is 35.5 Å². The van der Waals surface area contributed by atoms with Gasteiger partial charge in [0.1, 0.15) is 0 Å². The third-order valence-electron chi connectivity index (χ3n) is 4.44. The zero-order valence-corrected chi connectivity index (χ0v) is 16.5. The van der Waals surface area contributed by atoms with E-state index >= 15 is 0 Å². The van der Waals surface area contributed by atoms with Crippen LogP contribution in [0.3, 0.4) is 0 Å². The van der Waals surface area contributed by atoms with Gasteiger partial charge in [-0.15, -0.1) is 0 Å². The van der Waals surface area contributed by atoms with Crippen molar-refractivity contribution < 1.29 is 19.5 Å². The lowest BCUT2D eigenvalue weighted by atomic mass is 10.1. The zero-order chi connectivity index (χ0) is 21.9. The molecule has 2 rings (SSSR count). The van der Waals surface area contributed by atoms with Gasteiger partial charge in [-0.25, -0.2) is 0 Å². The minimum atomic E-state index is -1.11. The van der Waals surface area contributed by atoms with Crippen molar-refractivity contribution >= 4 is 17.8 Å². The highest BCUT2D eigenvalue weighted by Gasteiger charge is 2.16. The SMILES string of the molecule is Cc1ccccc1CC(=O)NCc1ccc(C(=O)N[C@H](CN=[N+]=[N-])CC(=O)O)cc1. The van der Waals surface area contributed by atoms with Crippen LogP contribution in [0, 0.1) is 6.92 Å². The lowest BCUT2D eigenvalue weighted by Gasteiger charge is -2.14. The molecule has 0 heterocycles. The van der Waals surface area contributed by atoms with Crippen molar-refractivity contribution in [3.8, 4) is 0 Å². The largest absolute Gasteiger partial charge is 0.481 e. The molecule has 0 aliphatic rings. The van der Waals surface area contributed by atoms with Crippen molar-refractivity contribution in [2.24, 2.45) is 5.11 Å². The van der Waals surface area contributed by atoms with E-state index in [9.17, 15) is 14.4 Å². The summed E-state index contributed by atoms with van der Waals surface area (Å²) in [6, 6.07) is 13.5. The summed E-state index contributed by atoms with van der Waals surface area (Å²) in [6.45, 7) is 2.13. The van der Waals surface area contributed by atoms with E-state index in [-0.39, 0.29) is 18.9 Å². The highest BCUT2D eigenvalue weighted by molar-refractivity contribution is 5.94. The predicted molar refractivity (Wildman–Crippen MR) is 111 cm³/mol. The minimum Gasteiger partial charge on any atom is -0.481 e. The topological polar surface area (TPSA) is 144 Å². The molecule has 2 aromatic rings. The lowest BCUT2D eigenvalue weighted by Crippen LogP contribution is -2.38. The molecule has 3 N–H and O–H groups in total. The summed E-state index contributed by atoms with van der Waals surface area (Å²) in [5.74, 6) is -1.67. The highest BCUT2D eigenvalue weighted by atomic mass is 16.4. The molecule has 156 valence electrons. The van der Waals surface area contributed by atoms with Crippen molar-refractivity contribution in [3.05, 3.63) is 81.2 Å². The van der Waals surface area contributed by atoms with Crippen LogP contribution in [0.15, 0.2) is 53.6 Å². The molecule has 9 nitrogen and oxygen atoms in total. The van der Waals surface area contributed by atoms with Crippen molar-refractivity contribution in [2.75, 3.05) is 6.54 Å². The number of aliphatic carboxylic acids is 1. The number of nitrogens with zero attached hydrogens (tertiary/aromatic N) is 3. The first kappa shape index (κ1) is 22.4. The van der Waals surface area contributed by atoms with Crippen LogP contribution in [-0.2, 0) is 22.6 Å². The molecule has 0 unspecified atom stereocenters. The maximum Gasteiger partial charge on any atom is 0.305 e. The highest BCUT2D eigenvalue weighted by Crippen LogP contribution is 2.09. The van der Waals surface area contributed by atoms with Gasteiger partial charge in [-0.3, -0.25) is 14.4 Å². The average molecular weight is 409 g/mol. The van der Waals surface area contributed by atoms with E-state index in [0.29, 0.717) is 18.5 Å². The van der Waals surface area contributed by atoms with Gasteiger partial charge in [-0.2, -0.15) is 0 Å². The average Bonchev–Trinajstić information content (AvgIpc) is 2.72. The van der Waals surface area contributed by atoms with E-state index in [4.69, 9.17) is 10.6 Å². The molecule has 0 saturated carbocycles. The smallest absolute Gasteiger partial charge is 0.305 e. The van der Waals surface area contributed by atoms with Gasteiger partial charge in [0.05, 0.1) is 12.8 Å². The van der Waals surface area contributed by atoms with Gasteiger partial charge in [0.25, 0.3) is 5.91 Å². The Balaban J connectivity index is 1.89. The Hall–Kier alpha value is -3.84. The van der Waals surface area contributed by atoms with Crippen molar-refractivity contribution in [1.82, 2.24) is 10.6 Å². The number of nitrogens with one attached hydrogen (secondary N) is 2. The molecular weight excluding hydrogens is 386 g/mol. The Bertz CT molecular complexity index is 948. The maximum absolute atomic E-state index is 12.3. The first-order chi connectivity index (χ1) is 14.4. The number of rotatable bonds is 10. The molecule has 9 heteroatoms. The summed E-state index contributed by atoms with van der Waals surface area (Å²) in [6.07, 6.45) is -0.0565. The fourth-order valence-corrected chi connectivity index (χ4v) is 2.79. The van der Waals surface area contributed by atoms with Gasteiger partial charge in [0.2, 0.25) is 5.91 Å². The molecule has 2 amide bonds. The van der Waals surface area contributed by atoms with Crippen molar-refractivity contribution in [1.29, 1.82) is 0 Å². The first-order valence-corrected chi connectivity index (χ1v) is 9.32. The standard InChI is InChI=1S/C21H23N5O4/c1-14-4-2-3-5-17(14)10-19(27)23-12-15-6-8-16(9-7-15)21(30)25-18(11-20(28)29)13-24-26-22/h2-9,18H,10-13H2,1H3,(H,23,27)(H,25,30)(H,28,29)/t18-/m0/s1. The molecule has 1 atom stereocenters. The molecule has 0 radical (unpaired) electrons. The number of benzene rings is 2. The Kier molecular flexibility index (Phi) is 8.40.